The zero-order valence-electron chi connectivity index (χ0n) is 13.6. The van der Waals surface area contributed by atoms with Gasteiger partial charge in [0.25, 0.3) is 0 Å². The van der Waals surface area contributed by atoms with Crippen molar-refractivity contribution in [3.8, 4) is 11.5 Å². The first kappa shape index (κ1) is 18.0. The van der Waals surface area contributed by atoms with Crippen LogP contribution in [0.15, 0.2) is 54.6 Å². The predicted molar refractivity (Wildman–Crippen MR) is 94.7 cm³/mol. The topological polar surface area (TPSA) is 82.8 Å². The Morgan fingerprint density at radius 3 is 2.21 bits per heavy atom. The van der Waals surface area contributed by atoms with E-state index in [2.05, 4.69) is 5.09 Å². The Balaban J connectivity index is 2.00. The molecule has 2 rings (SSSR count). The molecule has 0 fully saturated rings. The zero-order valence-corrected chi connectivity index (χ0v) is 14.5. The number of nitrogens with two attached hydrogens (primary N) is 1. The van der Waals surface area contributed by atoms with Gasteiger partial charge in [0.2, 0.25) is 0 Å². The fraction of sp³-hybridized carbons (Fsp3) is 0.235. The lowest BCUT2D eigenvalue weighted by Crippen LogP contribution is -2.25. The van der Waals surface area contributed by atoms with Crippen LogP contribution in [-0.2, 0) is 9.53 Å². The van der Waals surface area contributed by atoms with E-state index >= 15 is 0 Å². The SMILES string of the molecule is CC(C)OC(=O)CNP(Oc1ccccc1)Oc1ccc(N)cc1. The molecular weight excluding hydrogens is 327 g/mol. The lowest BCUT2D eigenvalue weighted by molar-refractivity contribution is -0.145. The number of carbonyl (C=O) groups is 1. The van der Waals surface area contributed by atoms with Crippen molar-refractivity contribution < 1.29 is 18.6 Å². The molecule has 2 aromatic rings. The van der Waals surface area contributed by atoms with Crippen molar-refractivity contribution in [2.45, 2.75) is 20.0 Å². The van der Waals surface area contributed by atoms with Crippen LogP contribution in [0.1, 0.15) is 13.8 Å². The molecule has 0 spiro atoms. The van der Waals surface area contributed by atoms with Crippen molar-refractivity contribution in [2.75, 3.05) is 12.3 Å². The second kappa shape index (κ2) is 9.11. The van der Waals surface area contributed by atoms with Gasteiger partial charge in [-0.05, 0) is 50.2 Å². The molecule has 2 aromatic carbocycles. The molecule has 0 saturated carbocycles. The van der Waals surface area contributed by atoms with E-state index in [4.69, 9.17) is 19.5 Å². The Kier molecular flexibility index (Phi) is 6.85. The summed E-state index contributed by atoms with van der Waals surface area (Å²) < 4.78 is 16.7. The molecule has 0 aliphatic rings. The van der Waals surface area contributed by atoms with Crippen molar-refractivity contribution >= 4 is 20.2 Å². The number of hydrogen-bond acceptors (Lipinski definition) is 6. The summed E-state index contributed by atoms with van der Waals surface area (Å²) in [6.07, 6.45) is -0.168. The van der Waals surface area contributed by atoms with Crippen LogP contribution in [0.5, 0.6) is 11.5 Å². The number of benzene rings is 2. The Morgan fingerprint density at radius 1 is 1.04 bits per heavy atom. The molecule has 1 unspecified atom stereocenters. The van der Waals surface area contributed by atoms with E-state index < -0.39 is 8.53 Å². The molecular formula is C17H21N2O4P. The number of ether oxygens (including phenoxy) is 1. The molecule has 0 amide bonds. The second-order valence-electron chi connectivity index (χ2n) is 5.20. The number of esters is 1. The molecule has 0 radical (unpaired) electrons. The second-order valence-corrected chi connectivity index (χ2v) is 6.39. The number of para-hydroxylation sites is 1. The Labute approximate surface area is 142 Å². The molecule has 128 valence electrons. The summed E-state index contributed by atoms with van der Waals surface area (Å²) in [6.45, 7) is 3.59. The van der Waals surface area contributed by atoms with E-state index in [9.17, 15) is 4.79 Å². The van der Waals surface area contributed by atoms with E-state index in [1.807, 2.05) is 30.3 Å². The van der Waals surface area contributed by atoms with Gasteiger partial charge in [0.05, 0.1) is 6.10 Å². The minimum atomic E-state index is -1.57. The molecule has 3 N–H and O–H groups in total. The monoisotopic (exact) mass is 348 g/mol. The molecule has 1 atom stereocenters. The standard InChI is InChI=1S/C17H21N2O4P/c1-13(2)21-17(20)12-19-24(22-15-6-4-3-5-7-15)23-16-10-8-14(18)9-11-16/h3-11,13,19H,12,18H2,1-2H3. The van der Waals surface area contributed by atoms with Gasteiger partial charge >= 0.3 is 14.5 Å². The Bertz CT molecular complexity index is 635. The van der Waals surface area contributed by atoms with Crippen molar-refractivity contribution in [3.05, 3.63) is 54.6 Å². The fourth-order valence-corrected chi connectivity index (χ4v) is 2.77. The van der Waals surface area contributed by atoms with E-state index in [0.717, 1.165) is 0 Å². The molecule has 6 nitrogen and oxygen atoms in total. The zero-order chi connectivity index (χ0) is 17.4. The largest absolute Gasteiger partial charge is 0.462 e. The minimum absolute atomic E-state index is 0.00824. The summed E-state index contributed by atoms with van der Waals surface area (Å²) in [5.74, 6) is 0.870. The van der Waals surface area contributed by atoms with Crippen molar-refractivity contribution in [1.82, 2.24) is 5.09 Å². The highest BCUT2D eigenvalue weighted by Gasteiger charge is 2.17. The first-order valence-electron chi connectivity index (χ1n) is 7.52. The molecule has 7 heteroatoms. The first-order chi connectivity index (χ1) is 11.5. The van der Waals surface area contributed by atoms with Crippen LogP contribution < -0.4 is 19.9 Å². The third-order valence-electron chi connectivity index (χ3n) is 2.72. The van der Waals surface area contributed by atoms with Gasteiger partial charge in [-0.2, -0.15) is 0 Å². The maximum atomic E-state index is 11.7. The van der Waals surface area contributed by atoms with Crippen LogP contribution in [0.25, 0.3) is 0 Å². The average Bonchev–Trinajstić information content (AvgIpc) is 2.55. The number of rotatable bonds is 8. The molecule has 0 aliphatic heterocycles. The predicted octanol–water partition coefficient (Wildman–Crippen LogP) is 3.49. The van der Waals surface area contributed by atoms with Gasteiger partial charge in [0.1, 0.15) is 18.0 Å². The number of hydrogen-bond donors (Lipinski definition) is 2. The maximum Gasteiger partial charge on any atom is 0.382 e. The summed E-state index contributed by atoms with van der Waals surface area (Å²) in [4.78, 5) is 11.7. The van der Waals surface area contributed by atoms with Gasteiger partial charge in [0.15, 0.2) is 0 Å². The van der Waals surface area contributed by atoms with E-state index in [-0.39, 0.29) is 18.6 Å². The molecule has 0 aliphatic carbocycles. The summed E-state index contributed by atoms with van der Waals surface area (Å²) >= 11 is 0. The summed E-state index contributed by atoms with van der Waals surface area (Å²) in [7, 11) is -1.57. The van der Waals surface area contributed by atoms with Gasteiger partial charge in [-0.1, -0.05) is 18.2 Å². The molecule has 0 heterocycles. The van der Waals surface area contributed by atoms with Crippen LogP contribution in [-0.4, -0.2) is 18.6 Å². The first-order valence-corrected chi connectivity index (χ1v) is 8.70. The van der Waals surface area contributed by atoms with Crippen LogP contribution in [0.3, 0.4) is 0 Å². The summed E-state index contributed by atoms with van der Waals surface area (Å²) in [5, 5.41) is 2.95. The molecule has 0 bridgehead atoms. The number of anilines is 1. The summed E-state index contributed by atoms with van der Waals surface area (Å²) in [5.41, 5.74) is 6.31. The molecule has 24 heavy (non-hydrogen) atoms. The van der Waals surface area contributed by atoms with E-state index in [1.54, 1.807) is 38.1 Å². The van der Waals surface area contributed by atoms with Crippen molar-refractivity contribution in [3.63, 3.8) is 0 Å². The van der Waals surface area contributed by atoms with Crippen LogP contribution in [0.4, 0.5) is 5.69 Å². The van der Waals surface area contributed by atoms with Crippen molar-refractivity contribution in [2.24, 2.45) is 0 Å². The molecule has 0 saturated heterocycles. The lowest BCUT2D eigenvalue weighted by atomic mass is 10.3. The third kappa shape index (κ3) is 6.44. The Morgan fingerprint density at radius 2 is 1.62 bits per heavy atom. The lowest BCUT2D eigenvalue weighted by Gasteiger charge is -2.19. The highest BCUT2D eigenvalue weighted by Crippen LogP contribution is 2.36. The number of nitrogen functional groups attached to an aromatic ring is 1. The molecule has 0 aromatic heterocycles. The van der Waals surface area contributed by atoms with Gasteiger partial charge in [-0.3, -0.25) is 4.79 Å². The quantitative estimate of drug-likeness (QED) is 0.432. The van der Waals surface area contributed by atoms with Crippen LogP contribution >= 0.6 is 8.53 Å². The van der Waals surface area contributed by atoms with Crippen LogP contribution in [0, 0.1) is 0 Å². The van der Waals surface area contributed by atoms with Gasteiger partial charge in [-0.25, -0.2) is 5.09 Å². The summed E-state index contributed by atoms with van der Waals surface area (Å²) in [6, 6.07) is 16.2. The van der Waals surface area contributed by atoms with E-state index in [0.29, 0.717) is 17.2 Å². The fourth-order valence-electron chi connectivity index (χ4n) is 1.72. The van der Waals surface area contributed by atoms with Gasteiger partial charge in [-0.15, -0.1) is 0 Å². The normalized spacial score (nSPS) is 11.8. The Hall–Kier alpha value is -2.30. The number of carbonyl (C=O) groups excluding carboxylic acids is 1. The van der Waals surface area contributed by atoms with E-state index in [1.165, 1.54) is 0 Å². The minimum Gasteiger partial charge on any atom is -0.462 e. The average molecular weight is 348 g/mol. The highest BCUT2D eigenvalue weighted by molar-refractivity contribution is 7.45. The van der Waals surface area contributed by atoms with Gasteiger partial charge < -0.3 is 19.5 Å². The third-order valence-corrected chi connectivity index (χ3v) is 3.89. The smallest absolute Gasteiger partial charge is 0.382 e. The van der Waals surface area contributed by atoms with Gasteiger partial charge in [0, 0.05) is 5.69 Å². The van der Waals surface area contributed by atoms with Crippen LogP contribution in [0.2, 0.25) is 0 Å². The van der Waals surface area contributed by atoms with Crippen molar-refractivity contribution in [1.29, 1.82) is 0 Å². The maximum absolute atomic E-state index is 11.7. The highest BCUT2D eigenvalue weighted by atomic mass is 31.2. The number of nitrogens with one attached hydrogen (secondary N) is 1.